The molecular weight excluding hydrogens is 186 g/mol. The average molecular weight is 211 g/mol. The molecule has 0 amide bonds. The van der Waals surface area contributed by atoms with Gasteiger partial charge >= 0.3 is 0 Å². The molecule has 0 bridgehead atoms. The lowest BCUT2D eigenvalue weighted by Gasteiger charge is -2.34. The van der Waals surface area contributed by atoms with Crippen LogP contribution >= 0.6 is 0 Å². The van der Waals surface area contributed by atoms with Crippen LogP contribution in [0.15, 0.2) is 0 Å². The van der Waals surface area contributed by atoms with E-state index in [1.165, 1.54) is 45.2 Å². The van der Waals surface area contributed by atoms with Gasteiger partial charge in [-0.3, -0.25) is 0 Å². The Balaban J connectivity index is 1.79. The largest absolute Gasteiger partial charge is 0.396 e. The number of rotatable bonds is 3. The smallest absolute Gasteiger partial charge is 0.0434 e. The molecule has 0 aromatic carbocycles. The summed E-state index contributed by atoms with van der Waals surface area (Å²) in [5.41, 5.74) is 0. The zero-order valence-electron chi connectivity index (χ0n) is 9.99. The molecule has 0 aromatic heterocycles. The molecule has 2 aliphatic rings. The van der Waals surface area contributed by atoms with Crippen LogP contribution in [0.25, 0.3) is 0 Å². The number of aliphatic hydroxyl groups is 1. The zero-order valence-corrected chi connectivity index (χ0v) is 9.99. The van der Waals surface area contributed by atoms with Crippen molar-refractivity contribution in [2.75, 3.05) is 19.7 Å². The Morgan fingerprint density at radius 2 is 2.13 bits per heavy atom. The molecule has 2 fully saturated rings. The van der Waals surface area contributed by atoms with Crippen LogP contribution in [0, 0.1) is 11.8 Å². The fourth-order valence-corrected chi connectivity index (χ4v) is 3.35. The second-order valence-electron chi connectivity index (χ2n) is 5.59. The van der Waals surface area contributed by atoms with E-state index < -0.39 is 0 Å². The summed E-state index contributed by atoms with van der Waals surface area (Å²) in [4.78, 5) is 2.69. The third-order valence-corrected chi connectivity index (χ3v) is 4.28. The first-order valence-electron chi connectivity index (χ1n) is 6.64. The molecule has 15 heavy (non-hydrogen) atoms. The summed E-state index contributed by atoms with van der Waals surface area (Å²) in [7, 11) is 0. The summed E-state index contributed by atoms with van der Waals surface area (Å²) < 4.78 is 0. The van der Waals surface area contributed by atoms with E-state index in [1.54, 1.807) is 0 Å². The molecule has 1 saturated carbocycles. The lowest BCUT2D eigenvalue weighted by atomic mass is 9.86. The maximum absolute atomic E-state index is 8.95. The quantitative estimate of drug-likeness (QED) is 0.774. The summed E-state index contributed by atoms with van der Waals surface area (Å²) >= 11 is 0. The standard InChI is InChI=1S/C13H25NO/c1-11-3-2-4-13(9-11)14-7-5-12(10-14)6-8-15/h11-13,15H,2-10H2,1H3. The number of hydrogen-bond donors (Lipinski definition) is 1. The predicted molar refractivity (Wildman–Crippen MR) is 62.8 cm³/mol. The van der Waals surface area contributed by atoms with E-state index in [9.17, 15) is 0 Å². The number of likely N-dealkylation sites (tertiary alicyclic amines) is 1. The highest BCUT2D eigenvalue weighted by Crippen LogP contribution is 2.31. The first kappa shape index (κ1) is 11.4. The van der Waals surface area contributed by atoms with E-state index in [0.29, 0.717) is 6.61 Å². The third kappa shape index (κ3) is 2.94. The Morgan fingerprint density at radius 3 is 2.87 bits per heavy atom. The molecule has 2 nitrogen and oxygen atoms in total. The maximum atomic E-state index is 8.95. The van der Waals surface area contributed by atoms with E-state index >= 15 is 0 Å². The Bertz CT molecular complexity index is 195. The van der Waals surface area contributed by atoms with E-state index in [1.807, 2.05) is 0 Å². The number of hydrogen-bond acceptors (Lipinski definition) is 2. The molecule has 1 heterocycles. The Hall–Kier alpha value is -0.0800. The van der Waals surface area contributed by atoms with Gasteiger partial charge in [-0.2, -0.15) is 0 Å². The summed E-state index contributed by atoms with van der Waals surface area (Å²) in [6, 6.07) is 0.859. The van der Waals surface area contributed by atoms with Crippen LogP contribution in [-0.4, -0.2) is 35.7 Å². The summed E-state index contributed by atoms with van der Waals surface area (Å²) in [5, 5.41) is 8.95. The van der Waals surface area contributed by atoms with Crippen LogP contribution in [0.4, 0.5) is 0 Å². The van der Waals surface area contributed by atoms with Gasteiger partial charge in [0.15, 0.2) is 0 Å². The lowest BCUT2D eigenvalue weighted by Crippen LogP contribution is -2.36. The van der Waals surface area contributed by atoms with Gasteiger partial charge < -0.3 is 10.0 Å². The van der Waals surface area contributed by atoms with E-state index in [2.05, 4.69) is 11.8 Å². The van der Waals surface area contributed by atoms with Crippen molar-refractivity contribution in [3.8, 4) is 0 Å². The molecule has 88 valence electrons. The van der Waals surface area contributed by atoms with Crippen LogP contribution in [0.1, 0.15) is 45.4 Å². The second-order valence-corrected chi connectivity index (χ2v) is 5.59. The van der Waals surface area contributed by atoms with Gasteiger partial charge in [0, 0.05) is 19.2 Å². The van der Waals surface area contributed by atoms with E-state index in [4.69, 9.17) is 5.11 Å². The van der Waals surface area contributed by atoms with Crippen molar-refractivity contribution in [2.24, 2.45) is 11.8 Å². The molecular formula is C13H25NO. The predicted octanol–water partition coefficient (Wildman–Crippen LogP) is 2.27. The molecule has 1 N–H and O–H groups in total. The Morgan fingerprint density at radius 1 is 1.27 bits per heavy atom. The van der Waals surface area contributed by atoms with Crippen LogP contribution in [0.5, 0.6) is 0 Å². The third-order valence-electron chi connectivity index (χ3n) is 4.28. The molecule has 1 aliphatic carbocycles. The Kier molecular flexibility index (Phi) is 4.04. The van der Waals surface area contributed by atoms with Crippen molar-refractivity contribution in [3.63, 3.8) is 0 Å². The highest BCUT2D eigenvalue weighted by atomic mass is 16.3. The molecule has 0 spiro atoms. The molecule has 3 unspecified atom stereocenters. The van der Waals surface area contributed by atoms with Gasteiger partial charge in [-0.15, -0.1) is 0 Å². The van der Waals surface area contributed by atoms with Crippen molar-refractivity contribution in [1.29, 1.82) is 0 Å². The van der Waals surface area contributed by atoms with Crippen molar-refractivity contribution in [2.45, 2.75) is 51.5 Å². The SMILES string of the molecule is CC1CCCC(N2CCC(CCO)C2)C1. The van der Waals surface area contributed by atoms with Crippen molar-refractivity contribution in [1.82, 2.24) is 4.90 Å². The molecule has 1 aliphatic heterocycles. The Labute approximate surface area is 93.7 Å². The van der Waals surface area contributed by atoms with Crippen LogP contribution in [0.3, 0.4) is 0 Å². The molecule has 1 saturated heterocycles. The molecule has 0 aromatic rings. The van der Waals surface area contributed by atoms with Crippen molar-refractivity contribution in [3.05, 3.63) is 0 Å². The molecule has 0 radical (unpaired) electrons. The minimum absolute atomic E-state index is 0.375. The monoisotopic (exact) mass is 211 g/mol. The van der Waals surface area contributed by atoms with Gasteiger partial charge in [-0.05, 0) is 44.1 Å². The fourth-order valence-electron chi connectivity index (χ4n) is 3.35. The van der Waals surface area contributed by atoms with Gasteiger partial charge in [-0.25, -0.2) is 0 Å². The van der Waals surface area contributed by atoms with Gasteiger partial charge in [0.2, 0.25) is 0 Å². The van der Waals surface area contributed by atoms with Crippen LogP contribution in [-0.2, 0) is 0 Å². The summed E-state index contributed by atoms with van der Waals surface area (Å²) in [5.74, 6) is 1.70. The van der Waals surface area contributed by atoms with Gasteiger partial charge in [-0.1, -0.05) is 19.8 Å². The number of aliphatic hydroxyl groups excluding tert-OH is 1. The molecule has 2 rings (SSSR count). The zero-order chi connectivity index (χ0) is 10.7. The topological polar surface area (TPSA) is 23.5 Å². The minimum Gasteiger partial charge on any atom is -0.396 e. The first-order chi connectivity index (χ1) is 7.29. The van der Waals surface area contributed by atoms with Crippen LogP contribution < -0.4 is 0 Å². The highest BCUT2D eigenvalue weighted by Gasteiger charge is 2.30. The lowest BCUT2D eigenvalue weighted by molar-refractivity contribution is 0.155. The highest BCUT2D eigenvalue weighted by molar-refractivity contribution is 4.84. The van der Waals surface area contributed by atoms with Gasteiger partial charge in [0.05, 0.1) is 0 Å². The summed E-state index contributed by atoms with van der Waals surface area (Å²) in [6.07, 6.45) is 8.00. The van der Waals surface area contributed by atoms with Gasteiger partial charge in [0.25, 0.3) is 0 Å². The average Bonchev–Trinajstić information content (AvgIpc) is 2.67. The fraction of sp³-hybridized carbons (Fsp3) is 1.00. The number of nitrogens with zero attached hydrogens (tertiary/aromatic N) is 1. The van der Waals surface area contributed by atoms with Crippen molar-refractivity contribution < 1.29 is 5.11 Å². The maximum Gasteiger partial charge on any atom is 0.0434 e. The van der Waals surface area contributed by atoms with E-state index in [-0.39, 0.29) is 0 Å². The molecule has 3 atom stereocenters. The normalized spacial score (nSPS) is 38.4. The molecule has 2 heteroatoms. The van der Waals surface area contributed by atoms with Crippen LogP contribution in [0.2, 0.25) is 0 Å². The van der Waals surface area contributed by atoms with Crippen molar-refractivity contribution >= 4 is 0 Å². The van der Waals surface area contributed by atoms with E-state index in [0.717, 1.165) is 24.3 Å². The first-order valence-corrected chi connectivity index (χ1v) is 6.64. The second kappa shape index (κ2) is 5.31. The minimum atomic E-state index is 0.375. The summed E-state index contributed by atoms with van der Waals surface area (Å²) in [6.45, 7) is 5.30. The van der Waals surface area contributed by atoms with Gasteiger partial charge in [0.1, 0.15) is 0 Å².